The molecule has 0 atom stereocenters. The van der Waals surface area contributed by atoms with Crippen molar-refractivity contribution < 1.29 is 11.3 Å². The zero-order chi connectivity index (χ0) is 31.3. The van der Waals surface area contributed by atoms with Crippen LogP contribution in [0.4, 0.5) is 0 Å². The van der Waals surface area contributed by atoms with Gasteiger partial charge in [-0.15, -0.1) is 0 Å². The van der Waals surface area contributed by atoms with E-state index in [0.29, 0.717) is 5.56 Å². The molecule has 190 valence electrons. The molecule has 0 radical (unpaired) electrons. The average Bonchev–Trinajstić information content (AvgIpc) is 3.48. The van der Waals surface area contributed by atoms with Crippen molar-refractivity contribution in [2.45, 2.75) is 0 Å². The molecule has 0 aliphatic rings. The van der Waals surface area contributed by atoms with E-state index in [1.54, 1.807) is 0 Å². The van der Waals surface area contributed by atoms with E-state index in [4.69, 9.17) is 11.3 Å². The summed E-state index contributed by atoms with van der Waals surface area (Å²) in [6.45, 7) is 0. The van der Waals surface area contributed by atoms with E-state index in [1.165, 1.54) is 0 Å². The molecule has 41 heavy (non-hydrogen) atoms. The van der Waals surface area contributed by atoms with Crippen molar-refractivity contribution in [3.63, 3.8) is 0 Å². The largest absolute Gasteiger partial charge is 0.455 e. The number of furan rings is 1. The fraction of sp³-hybridized carbons (Fsp3) is 0. The van der Waals surface area contributed by atoms with Crippen LogP contribution in [0.5, 0.6) is 0 Å². The highest BCUT2D eigenvalue weighted by Gasteiger charge is 2.17. The molecule has 1 nitrogen and oxygen atoms in total. The Morgan fingerprint density at radius 1 is 0.439 bits per heavy atom. The van der Waals surface area contributed by atoms with Crippen LogP contribution in [-0.4, -0.2) is 0 Å². The van der Waals surface area contributed by atoms with E-state index in [2.05, 4.69) is 72.8 Å². The van der Waals surface area contributed by atoms with E-state index in [1.807, 2.05) is 42.5 Å². The van der Waals surface area contributed by atoms with Crippen LogP contribution < -0.4 is 0 Å². The summed E-state index contributed by atoms with van der Waals surface area (Å²) in [5.74, 6) is 0. The van der Waals surface area contributed by atoms with Crippen molar-refractivity contribution in [3.05, 3.63) is 145 Å². The molecule has 0 fully saturated rings. The Balaban J connectivity index is 1.28. The molecular formula is C40H24O. The predicted molar refractivity (Wildman–Crippen MR) is 174 cm³/mol. The Morgan fingerprint density at radius 3 is 1.85 bits per heavy atom. The van der Waals surface area contributed by atoms with Gasteiger partial charge >= 0.3 is 0 Å². The van der Waals surface area contributed by atoms with E-state index >= 15 is 0 Å². The molecule has 1 heterocycles. The van der Waals surface area contributed by atoms with Gasteiger partial charge in [0, 0.05) is 16.3 Å². The lowest BCUT2D eigenvalue weighted by atomic mass is 9.87. The number of rotatable bonds is 3. The monoisotopic (exact) mass is 525 g/mol. The smallest absolute Gasteiger partial charge is 0.143 e. The molecule has 1 aromatic heterocycles. The van der Waals surface area contributed by atoms with Gasteiger partial charge in [-0.25, -0.2) is 0 Å². The van der Waals surface area contributed by atoms with Gasteiger partial charge in [0.25, 0.3) is 0 Å². The maximum absolute atomic E-state index is 8.65. The van der Waals surface area contributed by atoms with Gasteiger partial charge in [0.1, 0.15) is 11.2 Å². The Bertz CT molecular complexity index is 2660. The van der Waals surface area contributed by atoms with Crippen LogP contribution in [-0.2, 0) is 0 Å². The molecule has 9 aromatic rings. The summed E-state index contributed by atoms with van der Waals surface area (Å²) in [4.78, 5) is 0. The molecule has 0 saturated carbocycles. The van der Waals surface area contributed by atoms with Crippen molar-refractivity contribution in [1.29, 1.82) is 0 Å². The minimum Gasteiger partial charge on any atom is -0.455 e. The lowest BCUT2D eigenvalue weighted by Gasteiger charge is -2.16. The molecule has 8 aromatic carbocycles. The molecule has 0 unspecified atom stereocenters. The van der Waals surface area contributed by atoms with Crippen LogP contribution in [0.15, 0.2) is 150 Å². The zero-order valence-electron chi connectivity index (χ0n) is 26.9. The number of hydrogen-bond acceptors (Lipinski definition) is 1. The van der Waals surface area contributed by atoms with E-state index < -0.39 is 0 Å². The fourth-order valence-corrected chi connectivity index (χ4v) is 6.47. The van der Waals surface area contributed by atoms with Crippen molar-refractivity contribution in [3.8, 4) is 33.4 Å². The van der Waals surface area contributed by atoms with Crippen molar-refractivity contribution in [1.82, 2.24) is 0 Å². The molecule has 0 saturated heterocycles. The highest BCUT2D eigenvalue weighted by Crippen LogP contribution is 2.43. The van der Waals surface area contributed by atoms with Gasteiger partial charge in [0.2, 0.25) is 0 Å². The second kappa shape index (κ2) is 8.55. The minimum absolute atomic E-state index is 0.196. The molecule has 0 N–H and O–H groups in total. The zero-order valence-corrected chi connectivity index (χ0v) is 21.9. The van der Waals surface area contributed by atoms with Crippen LogP contribution in [0.3, 0.4) is 0 Å². The van der Waals surface area contributed by atoms with Crippen LogP contribution in [0.1, 0.15) is 6.85 Å². The molecule has 1 heteroatoms. The summed E-state index contributed by atoms with van der Waals surface area (Å²) in [6.07, 6.45) is 0. The van der Waals surface area contributed by atoms with Crippen molar-refractivity contribution in [2.75, 3.05) is 0 Å². The minimum atomic E-state index is -0.389. The second-order valence-electron chi connectivity index (χ2n) is 10.5. The van der Waals surface area contributed by atoms with E-state index in [-0.39, 0.29) is 35.8 Å². The number of para-hydroxylation sites is 1. The summed E-state index contributed by atoms with van der Waals surface area (Å²) in [7, 11) is 0. The lowest BCUT2D eigenvalue weighted by molar-refractivity contribution is 0.670. The molecule has 0 aliphatic heterocycles. The number of fused-ring (bicyclic) bond motifs is 3. The Kier molecular flexibility index (Phi) is 3.76. The fourth-order valence-electron chi connectivity index (χ4n) is 6.47. The van der Waals surface area contributed by atoms with Crippen LogP contribution in [0, 0.1) is 0 Å². The lowest BCUT2D eigenvalue weighted by Crippen LogP contribution is -1.89. The first kappa shape index (κ1) is 18.0. The van der Waals surface area contributed by atoms with E-state index in [0.717, 1.165) is 76.5 Å². The third-order valence-electron chi connectivity index (χ3n) is 8.33. The maximum atomic E-state index is 8.65. The first-order valence-electron chi connectivity index (χ1n) is 16.2. The molecule has 0 amide bonds. The van der Waals surface area contributed by atoms with Crippen LogP contribution in [0.2, 0.25) is 0 Å². The summed E-state index contributed by atoms with van der Waals surface area (Å²) >= 11 is 0. The van der Waals surface area contributed by atoms with E-state index in [9.17, 15) is 0 Å². The highest BCUT2D eigenvalue weighted by molar-refractivity contribution is 6.27. The first-order valence-corrected chi connectivity index (χ1v) is 13.7. The van der Waals surface area contributed by atoms with Gasteiger partial charge in [-0.05, 0) is 72.3 Å². The molecule has 9 rings (SSSR count). The SMILES string of the molecule is [2H]c1c([2H])c([2H])c(-c2ccc3ccc4c(-c5ccc6oc7c(-c8ccccc8)cccc7c6c5)ccc5ccc2c3c54)c([2H])c1[2H]. The summed E-state index contributed by atoms with van der Waals surface area (Å²) in [6, 6.07) is 38.0. The Morgan fingerprint density at radius 2 is 1.12 bits per heavy atom. The third kappa shape index (κ3) is 3.30. The van der Waals surface area contributed by atoms with Crippen molar-refractivity contribution >= 4 is 54.3 Å². The summed E-state index contributed by atoms with van der Waals surface area (Å²) in [5, 5.41) is 8.29. The molecular weight excluding hydrogens is 496 g/mol. The predicted octanol–water partition coefficient (Wildman–Crippen LogP) is 11.5. The maximum Gasteiger partial charge on any atom is 0.143 e. The summed E-state index contributed by atoms with van der Waals surface area (Å²) < 4.78 is 48.3. The topological polar surface area (TPSA) is 13.1 Å². The molecule has 0 bridgehead atoms. The van der Waals surface area contributed by atoms with Gasteiger partial charge in [-0.3, -0.25) is 0 Å². The van der Waals surface area contributed by atoms with Crippen LogP contribution in [0.25, 0.3) is 87.6 Å². The Hall–Kier alpha value is -5.40. The standard InChI is InChI=1S/C40H24O/c1-3-8-25(9-4-1)30-19-14-27-17-22-34-31(20-15-28-16-21-33(30)38(27)39(28)34)29-18-23-37-36(24-29)35-13-7-12-32(40(35)41-37)26-10-5-2-6-11-26/h1-24H/i1D,3D,4D,8D,9D. The van der Waals surface area contributed by atoms with Gasteiger partial charge in [0.15, 0.2) is 0 Å². The number of hydrogen-bond donors (Lipinski definition) is 0. The quantitative estimate of drug-likeness (QED) is 0.209. The van der Waals surface area contributed by atoms with Crippen LogP contribution >= 0.6 is 0 Å². The molecule has 0 spiro atoms. The normalized spacial score (nSPS) is 13.6. The molecule has 0 aliphatic carbocycles. The van der Waals surface area contributed by atoms with Gasteiger partial charge in [-0.1, -0.05) is 133 Å². The first-order chi connectivity index (χ1) is 22.4. The average molecular weight is 526 g/mol. The summed E-state index contributed by atoms with van der Waals surface area (Å²) in [5.41, 5.74) is 6.89. The van der Waals surface area contributed by atoms with Gasteiger partial charge in [0.05, 0.1) is 6.85 Å². The number of benzene rings is 8. The third-order valence-corrected chi connectivity index (χ3v) is 8.33. The van der Waals surface area contributed by atoms with Crippen molar-refractivity contribution in [2.24, 2.45) is 0 Å². The Labute approximate surface area is 244 Å². The van der Waals surface area contributed by atoms with Gasteiger partial charge in [-0.2, -0.15) is 0 Å². The highest BCUT2D eigenvalue weighted by atomic mass is 16.3. The van der Waals surface area contributed by atoms with Gasteiger partial charge < -0.3 is 4.42 Å². The second-order valence-corrected chi connectivity index (χ2v) is 10.5.